The number of ether oxygens (including phenoxy) is 1. The van der Waals surface area contributed by atoms with Crippen LogP contribution in [0.4, 0.5) is 4.39 Å². The van der Waals surface area contributed by atoms with E-state index in [-0.39, 0.29) is 5.82 Å². The molecule has 2 aromatic carbocycles. The van der Waals surface area contributed by atoms with Crippen LogP contribution < -0.4 is 4.74 Å². The van der Waals surface area contributed by atoms with E-state index in [4.69, 9.17) is 11.2 Å². The van der Waals surface area contributed by atoms with Crippen molar-refractivity contribution in [3.8, 4) is 18.1 Å². The molecule has 1 unspecified atom stereocenters. The van der Waals surface area contributed by atoms with E-state index in [0.717, 1.165) is 0 Å². The molecule has 0 radical (unpaired) electrons. The first kappa shape index (κ1) is 11.2. The number of terminal acetylenes is 1. The van der Waals surface area contributed by atoms with E-state index >= 15 is 0 Å². The fourth-order valence-electron chi connectivity index (χ4n) is 1.50. The molecular formula is C15H11FO. The normalized spacial score (nSPS) is 11.5. The molecule has 2 heteroatoms. The summed E-state index contributed by atoms with van der Waals surface area (Å²) < 4.78 is 18.7. The highest BCUT2D eigenvalue weighted by molar-refractivity contribution is 5.28. The van der Waals surface area contributed by atoms with Crippen LogP contribution in [0, 0.1) is 18.2 Å². The van der Waals surface area contributed by atoms with Crippen molar-refractivity contribution < 1.29 is 9.13 Å². The van der Waals surface area contributed by atoms with E-state index < -0.39 is 6.10 Å². The maximum atomic E-state index is 13.1. The number of hydrogen-bond acceptors (Lipinski definition) is 1. The average molecular weight is 226 g/mol. The Morgan fingerprint density at radius 1 is 1.06 bits per heavy atom. The Labute approximate surface area is 99.9 Å². The largest absolute Gasteiger partial charge is 0.473 e. The Morgan fingerprint density at radius 3 is 2.47 bits per heavy atom. The van der Waals surface area contributed by atoms with Gasteiger partial charge in [-0.15, -0.1) is 6.42 Å². The van der Waals surface area contributed by atoms with Gasteiger partial charge in [0.15, 0.2) is 6.10 Å². The molecule has 1 atom stereocenters. The summed E-state index contributed by atoms with van der Waals surface area (Å²) in [6.07, 6.45) is 4.83. The lowest BCUT2D eigenvalue weighted by molar-refractivity contribution is 0.264. The topological polar surface area (TPSA) is 9.23 Å². The molecule has 84 valence electrons. The highest BCUT2D eigenvalue weighted by Gasteiger charge is 2.10. The minimum Gasteiger partial charge on any atom is -0.473 e. The zero-order chi connectivity index (χ0) is 12.1. The van der Waals surface area contributed by atoms with Crippen molar-refractivity contribution >= 4 is 0 Å². The summed E-state index contributed by atoms with van der Waals surface area (Å²) in [7, 11) is 0. The van der Waals surface area contributed by atoms with Gasteiger partial charge in [0.25, 0.3) is 0 Å². The van der Waals surface area contributed by atoms with Crippen LogP contribution in [0.5, 0.6) is 5.75 Å². The van der Waals surface area contributed by atoms with Gasteiger partial charge >= 0.3 is 0 Å². The highest BCUT2D eigenvalue weighted by atomic mass is 19.1. The Balaban J connectivity index is 2.21. The molecule has 0 aliphatic heterocycles. The van der Waals surface area contributed by atoms with Gasteiger partial charge in [-0.25, -0.2) is 4.39 Å². The highest BCUT2D eigenvalue weighted by Crippen LogP contribution is 2.21. The second kappa shape index (κ2) is 5.18. The zero-order valence-corrected chi connectivity index (χ0v) is 9.14. The summed E-state index contributed by atoms with van der Waals surface area (Å²) in [5.41, 5.74) is 0.636. The lowest BCUT2D eigenvalue weighted by atomic mass is 10.1. The van der Waals surface area contributed by atoms with Crippen molar-refractivity contribution in [2.75, 3.05) is 0 Å². The molecule has 17 heavy (non-hydrogen) atoms. The SMILES string of the molecule is C#CC(Oc1ccccc1)c1cccc(F)c1. The molecule has 0 aliphatic rings. The van der Waals surface area contributed by atoms with Gasteiger partial charge in [0.2, 0.25) is 0 Å². The first-order valence-electron chi connectivity index (χ1n) is 5.23. The molecule has 1 nitrogen and oxygen atoms in total. The van der Waals surface area contributed by atoms with Crippen LogP contribution >= 0.6 is 0 Å². The second-order valence-corrected chi connectivity index (χ2v) is 3.53. The summed E-state index contributed by atoms with van der Waals surface area (Å²) in [6.45, 7) is 0. The number of para-hydroxylation sites is 1. The van der Waals surface area contributed by atoms with Gasteiger partial charge in [0.05, 0.1) is 0 Å². The lowest BCUT2D eigenvalue weighted by Gasteiger charge is -2.14. The minimum absolute atomic E-state index is 0.320. The quantitative estimate of drug-likeness (QED) is 0.727. The Kier molecular flexibility index (Phi) is 3.42. The van der Waals surface area contributed by atoms with Crippen molar-refractivity contribution in [1.29, 1.82) is 0 Å². The van der Waals surface area contributed by atoms with E-state index in [1.807, 2.05) is 30.3 Å². The predicted octanol–water partition coefficient (Wildman–Crippen LogP) is 3.58. The summed E-state index contributed by atoms with van der Waals surface area (Å²) in [5, 5.41) is 0. The molecule has 0 N–H and O–H groups in total. The second-order valence-electron chi connectivity index (χ2n) is 3.53. The molecule has 0 aromatic heterocycles. The number of halogens is 1. The third kappa shape index (κ3) is 2.85. The van der Waals surface area contributed by atoms with E-state index in [1.165, 1.54) is 12.1 Å². The van der Waals surface area contributed by atoms with Crippen molar-refractivity contribution in [2.45, 2.75) is 6.10 Å². The van der Waals surface area contributed by atoms with Crippen LogP contribution in [-0.2, 0) is 0 Å². The van der Waals surface area contributed by atoms with E-state index in [2.05, 4.69) is 5.92 Å². The van der Waals surface area contributed by atoms with E-state index in [0.29, 0.717) is 11.3 Å². The van der Waals surface area contributed by atoms with Gasteiger partial charge in [-0.1, -0.05) is 36.3 Å². The number of benzene rings is 2. The molecule has 0 bridgehead atoms. The van der Waals surface area contributed by atoms with Gasteiger partial charge in [-0.05, 0) is 24.3 Å². The Morgan fingerprint density at radius 2 is 1.82 bits per heavy atom. The van der Waals surface area contributed by atoms with Crippen LogP contribution in [0.3, 0.4) is 0 Å². The van der Waals surface area contributed by atoms with Crippen LogP contribution in [0.25, 0.3) is 0 Å². The molecule has 0 saturated heterocycles. The summed E-state index contributed by atoms with van der Waals surface area (Å²) in [4.78, 5) is 0. The number of rotatable bonds is 3. The molecule has 0 aliphatic carbocycles. The van der Waals surface area contributed by atoms with E-state index in [1.54, 1.807) is 12.1 Å². The molecule has 2 aromatic rings. The van der Waals surface area contributed by atoms with Crippen molar-refractivity contribution in [3.63, 3.8) is 0 Å². The third-order valence-electron chi connectivity index (χ3n) is 2.30. The molecule has 0 spiro atoms. The van der Waals surface area contributed by atoms with E-state index in [9.17, 15) is 4.39 Å². The summed E-state index contributed by atoms with van der Waals surface area (Å²) >= 11 is 0. The molecule has 0 heterocycles. The van der Waals surface area contributed by atoms with Gasteiger partial charge in [0.1, 0.15) is 11.6 Å². The first-order chi connectivity index (χ1) is 8.29. The van der Waals surface area contributed by atoms with Crippen molar-refractivity contribution in [2.24, 2.45) is 0 Å². The van der Waals surface area contributed by atoms with Crippen LogP contribution in [0.1, 0.15) is 11.7 Å². The van der Waals surface area contributed by atoms with Crippen LogP contribution in [0.15, 0.2) is 54.6 Å². The fourth-order valence-corrected chi connectivity index (χ4v) is 1.50. The van der Waals surface area contributed by atoms with Gasteiger partial charge in [0, 0.05) is 5.56 Å². The summed E-state index contributed by atoms with van der Waals surface area (Å²) in [6, 6.07) is 15.3. The van der Waals surface area contributed by atoms with Gasteiger partial charge < -0.3 is 4.74 Å². The standard InChI is InChI=1S/C15H11FO/c1-2-15(12-7-6-8-13(16)11-12)17-14-9-4-3-5-10-14/h1,3-11,15H. The fraction of sp³-hybridized carbons (Fsp3) is 0.0667. The maximum Gasteiger partial charge on any atom is 0.184 e. The lowest BCUT2D eigenvalue weighted by Crippen LogP contribution is -2.05. The molecular weight excluding hydrogens is 215 g/mol. The first-order valence-corrected chi connectivity index (χ1v) is 5.23. The maximum absolute atomic E-state index is 13.1. The summed E-state index contributed by atoms with van der Waals surface area (Å²) in [5.74, 6) is 2.85. The molecule has 0 saturated carbocycles. The number of hydrogen-bond donors (Lipinski definition) is 0. The zero-order valence-electron chi connectivity index (χ0n) is 9.14. The minimum atomic E-state index is -0.576. The van der Waals surface area contributed by atoms with Gasteiger partial charge in [-0.2, -0.15) is 0 Å². The Bertz CT molecular complexity index is 528. The molecule has 2 rings (SSSR count). The van der Waals surface area contributed by atoms with Crippen LogP contribution in [-0.4, -0.2) is 0 Å². The van der Waals surface area contributed by atoms with Crippen molar-refractivity contribution in [3.05, 3.63) is 66.0 Å². The molecule has 0 fully saturated rings. The van der Waals surface area contributed by atoms with Crippen LogP contribution in [0.2, 0.25) is 0 Å². The van der Waals surface area contributed by atoms with Gasteiger partial charge in [-0.3, -0.25) is 0 Å². The smallest absolute Gasteiger partial charge is 0.184 e. The average Bonchev–Trinajstić information content (AvgIpc) is 2.37. The molecule has 0 amide bonds. The monoisotopic (exact) mass is 226 g/mol. The Hall–Kier alpha value is -2.27. The third-order valence-corrected chi connectivity index (χ3v) is 2.30. The predicted molar refractivity (Wildman–Crippen MR) is 65.0 cm³/mol. The van der Waals surface area contributed by atoms with Crippen molar-refractivity contribution in [1.82, 2.24) is 0 Å².